The molecule has 0 unspecified atom stereocenters. The minimum atomic E-state index is -3.28. The van der Waals surface area contributed by atoms with Gasteiger partial charge in [-0.05, 0) is 45.4 Å². The summed E-state index contributed by atoms with van der Waals surface area (Å²) >= 11 is 0. The van der Waals surface area contributed by atoms with Gasteiger partial charge in [-0.2, -0.15) is 4.31 Å². The highest BCUT2D eigenvalue weighted by molar-refractivity contribution is 14.0. The Hall–Kier alpha value is -0.170. The number of piperazine rings is 1. The van der Waals surface area contributed by atoms with Gasteiger partial charge in [0.05, 0.1) is 18.5 Å². The predicted molar refractivity (Wildman–Crippen MR) is 137 cm³/mol. The molecule has 2 fully saturated rings. The quantitative estimate of drug-likeness (QED) is 0.177. The zero-order valence-corrected chi connectivity index (χ0v) is 22.9. The van der Waals surface area contributed by atoms with Crippen LogP contribution in [0.25, 0.3) is 0 Å². The van der Waals surface area contributed by atoms with Gasteiger partial charge in [0.1, 0.15) is 0 Å². The van der Waals surface area contributed by atoms with Crippen LogP contribution in [0.3, 0.4) is 0 Å². The second kappa shape index (κ2) is 14.2. The lowest BCUT2D eigenvalue weighted by Gasteiger charge is -2.37. The first-order valence-electron chi connectivity index (χ1n) is 11.4. The Bertz CT molecular complexity index is 631. The molecular formula is C21H43IN4O4S. The molecule has 1 saturated carbocycles. The van der Waals surface area contributed by atoms with Gasteiger partial charge in [-0.3, -0.25) is 4.99 Å². The lowest BCUT2D eigenvalue weighted by molar-refractivity contribution is 0.0904. The van der Waals surface area contributed by atoms with Gasteiger partial charge in [0.2, 0.25) is 10.0 Å². The molecule has 1 saturated heterocycles. The molecule has 0 bridgehead atoms. The molecule has 1 aliphatic carbocycles. The lowest BCUT2D eigenvalue weighted by atomic mass is 9.83. The molecule has 2 rings (SSSR count). The second-order valence-electron chi connectivity index (χ2n) is 8.68. The Morgan fingerprint density at radius 1 is 1.13 bits per heavy atom. The van der Waals surface area contributed by atoms with Gasteiger partial charge in [-0.25, -0.2) is 8.42 Å². The lowest BCUT2D eigenvalue weighted by Crippen LogP contribution is -2.55. The molecule has 0 aromatic rings. The average molecular weight is 575 g/mol. The monoisotopic (exact) mass is 574 g/mol. The van der Waals surface area contributed by atoms with Gasteiger partial charge in [-0.1, -0.05) is 12.8 Å². The number of guanidine groups is 1. The number of ether oxygens (including phenoxy) is 2. The van der Waals surface area contributed by atoms with Crippen LogP contribution in [0.2, 0.25) is 0 Å². The first-order chi connectivity index (χ1) is 14.3. The number of aliphatic imine (C=N–C) groups is 1. The normalized spacial score (nSPS) is 20.2. The van der Waals surface area contributed by atoms with E-state index in [1.807, 2.05) is 20.8 Å². The maximum Gasteiger partial charge on any atom is 0.216 e. The number of hydrogen-bond acceptors (Lipinski definition) is 5. The van der Waals surface area contributed by atoms with E-state index in [0.29, 0.717) is 26.2 Å². The molecule has 10 heteroatoms. The summed E-state index contributed by atoms with van der Waals surface area (Å²) in [5.74, 6) is 0.915. The fourth-order valence-corrected chi connectivity index (χ4v) is 5.65. The number of hydrogen-bond donors (Lipinski definition) is 1. The third kappa shape index (κ3) is 9.30. The van der Waals surface area contributed by atoms with E-state index in [2.05, 4.69) is 15.2 Å². The van der Waals surface area contributed by atoms with Crippen LogP contribution >= 0.6 is 24.0 Å². The molecule has 0 amide bonds. The number of nitrogens with one attached hydrogen (secondary N) is 1. The highest BCUT2D eigenvalue weighted by Crippen LogP contribution is 2.40. The highest BCUT2D eigenvalue weighted by Gasteiger charge is 2.34. The molecule has 0 aromatic heterocycles. The largest absolute Gasteiger partial charge is 0.382 e. The number of sulfonamides is 1. The minimum absolute atomic E-state index is 0. The van der Waals surface area contributed by atoms with E-state index in [4.69, 9.17) is 9.47 Å². The minimum Gasteiger partial charge on any atom is -0.382 e. The summed E-state index contributed by atoms with van der Waals surface area (Å²) in [5, 5.41) is 3.58. The van der Waals surface area contributed by atoms with E-state index in [0.717, 1.165) is 32.1 Å². The number of rotatable bonds is 11. The van der Waals surface area contributed by atoms with E-state index >= 15 is 0 Å². The van der Waals surface area contributed by atoms with Crippen molar-refractivity contribution in [3.63, 3.8) is 0 Å². The Morgan fingerprint density at radius 3 is 2.32 bits per heavy atom. The number of halogens is 1. The first-order valence-corrected chi connectivity index (χ1v) is 13.1. The molecule has 8 nitrogen and oxygen atoms in total. The molecule has 0 atom stereocenters. The first kappa shape index (κ1) is 28.9. The van der Waals surface area contributed by atoms with Gasteiger partial charge in [-0.15, -0.1) is 24.0 Å². The van der Waals surface area contributed by atoms with E-state index < -0.39 is 10.0 Å². The van der Waals surface area contributed by atoms with Crippen LogP contribution in [0.5, 0.6) is 0 Å². The molecule has 0 aromatic carbocycles. The Morgan fingerprint density at radius 2 is 1.77 bits per heavy atom. The smallest absolute Gasteiger partial charge is 0.216 e. The standard InChI is InChI=1S/C21H42N4O4S.HI/c1-5-28-15-10-21(8-6-7-9-21)18-23-20(22-4)24-11-13-25(14-12-24)30(26,27)17-16-29-19(2)3;/h19H,5-18H2,1-4H3,(H,22,23);1H. The summed E-state index contributed by atoms with van der Waals surface area (Å²) in [6.45, 7) is 10.9. The summed E-state index contributed by atoms with van der Waals surface area (Å²) in [5.41, 5.74) is 0.284. The molecule has 1 N–H and O–H groups in total. The molecular weight excluding hydrogens is 531 g/mol. The van der Waals surface area contributed by atoms with Crippen molar-refractivity contribution in [3.05, 3.63) is 0 Å². The van der Waals surface area contributed by atoms with Crippen LogP contribution < -0.4 is 5.32 Å². The van der Waals surface area contributed by atoms with Crippen LogP contribution in [0, 0.1) is 5.41 Å². The summed E-state index contributed by atoms with van der Waals surface area (Å²) < 4.78 is 37.7. The van der Waals surface area contributed by atoms with Gasteiger partial charge in [0.15, 0.2) is 5.96 Å². The summed E-state index contributed by atoms with van der Waals surface area (Å²) in [6.07, 6.45) is 6.15. The summed E-state index contributed by atoms with van der Waals surface area (Å²) in [7, 11) is -1.47. The van der Waals surface area contributed by atoms with Gasteiger partial charge >= 0.3 is 0 Å². The van der Waals surface area contributed by atoms with Crippen molar-refractivity contribution >= 4 is 40.0 Å². The predicted octanol–water partition coefficient (Wildman–Crippen LogP) is 2.54. The SMILES string of the molecule is CCOCCC1(CNC(=NC)N2CCN(S(=O)(=O)CCOC(C)C)CC2)CCCC1.I. The molecule has 31 heavy (non-hydrogen) atoms. The Kier molecular flexibility index (Phi) is 13.2. The van der Waals surface area contributed by atoms with Crippen molar-refractivity contribution in [1.82, 2.24) is 14.5 Å². The maximum absolute atomic E-state index is 12.5. The van der Waals surface area contributed by atoms with Crippen LogP contribution in [-0.4, -0.2) is 95.0 Å². The fraction of sp³-hybridized carbons (Fsp3) is 0.952. The van der Waals surface area contributed by atoms with Gasteiger partial charge in [0, 0.05) is 53.0 Å². The zero-order valence-electron chi connectivity index (χ0n) is 19.8. The van der Waals surface area contributed by atoms with Crippen LogP contribution in [0.1, 0.15) is 52.9 Å². The molecule has 1 heterocycles. The fourth-order valence-electron chi connectivity index (χ4n) is 4.37. The maximum atomic E-state index is 12.5. The van der Waals surface area contributed by atoms with Gasteiger partial charge in [0.25, 0.3) is 0 Å². The summed E-state index contributed by atoms with van der Waals surface area (Å²) in [6, 6.07) is 0. The highest BCUT2D eigenvalue weighted by atomic mass is 127. The van der Waals surface area contributed by atoms with E-state index in [1.54, 1.807) is 11.4 Å². The van der Waals surface area contributed by atoms with Crippen molar-refractivity contribution in [1.29, 1.82) is 0 Å². The van der Waals surface area contributed by atoms with E-state index in [9.17, 15) is 8.42 Å². The van der Waals surface area contributed by atoms with E-state index in [-0.39, 0.29) is 47.9 Å². The molecule has 1 aliphatic heterocycles. The topological polar surface area (TPSA) is 83.5 Å². The molecule has 2 aliphatic rings. The van der Waals surface area contributed by atoms with Crippen LogP contribution in [0.4, 0.5) is 0 Å². The Balaban J connectivity index is 0.00000480. The number of nitrogens with zero attached hydrogens (tertiary/aromatic N) is 3. The molecule has 0 spiro atoms. The Labute approximate surface area is 206 Å². The third-order valence-electron chi connectivity index (χ3n) is 6.20. The zero-order chi connectivity index (χ0) is 22.0. The van der Waals surface area contributed by atoms with Crippen LogP contribution in [-0.2, 0) is 19.5 Å². The van der Waals surface area contributed by atoms with E-state index in [1.165, 1.54) is 25.7 Å². The van der Waals surface area contributed by atoms with Crippen molar-refractivity contribution < 1.29 is 17.9 Å². The van der Waals surface area contributed by atoms with Crippen molar-refractivity contribution in [2.45, 2.75) is 59.0 Å². The second-order valence-corrected chi connectivity index (χ2v) is 10.8. The average Bonchev–Trinajstić information content (AvgIpc) is 3.17. The summed E-state index contributed by atoms with van der Waals surface area (Å²) in [4.78, 5) is 6.64. The molecule has 0 radical (unpaired) electrons. The van der Waals surface area contributed by atoms with Crippen LogP contribution in [0.15, 0.2) is 4.99 Å². The third-order valence-corrected chi connectivity index (χ3v) is 8.04. The van der Waals surface area contributed by atoms with Crippen molar-refractivity contribution in [2.75, 3.05) is 65.3 Å². The molecule has 184 valence electrons. The van der Waals surface area contributed by atoms with Gasteiger partial charge < -0.3 is 19.7 Å². The van der Waals surface area contributed by atoms with Crippen molar-refractivity contribution in [3.8, 4) is 0 Å². The van der Waals surface area contributed by atoms with Crippen molar-refractivity contribution in [2.24, 2.45) is 10.4 Å².